The molecule has 17 heavy (non-hydrogen) atoms. The van der Waals surface area contributed by atoms with Crippen molar-refractivity contribution in [2.45, 2.75) is 13.5 Å². The van der Waals surface area contributed by atoms with Crippen LogP contribution in [0.4, 0.5) is 0 Å². The van der Waals surface area contributed by atoms with E-state index in [2.05, 4.69) is 29.5 Å². The highest BCUT2D eigenvalue weighted by Gasteiger charge is 2.11. The van der Waals surface area contributed by atoms with Crippen LogP contribution in [0.25, 0.3) is 10.6 Å². The van der Waals surface area contributed by atoms with Crippen molar-refractivity contribution in [3.63, 3.8) is 0 Å². The zero-order chi connectivity index (χ0) is 12.1. The molecule has 0 radical (unpaired) electrons. The van der Waals surface area contributed by atoms with Gasteiger partial charge in [-0.05, 0) is 19.1 Å². The van der Waals surface area contributed by atoms with E-state index < -0.39 is 0 Å². The maximum absolute atomic E-state index is 5.31. The van der Waals surface area contributed by atoms with Crippen molar-refractivity contribution in [1.29, 1.82) is 0 Å². The number of nitrogens with zero attached hydrogens (tertiary/aromatic N) is 1. The van der Waals surface area contributed by atoms with E-state index in [4.69, 9.17) is 9.26 Å². The van der Waals surface area contributed by atoms with Crippen LogP contribution in [-0.2, 0) is 11.3 Å². The van der Waals surface area contributed by atoms with E-state index in [0.29, 0.717) is 6.61 Å². The molecule has 2 aromatic heterocycles. The number of rotatable bonds is 6. The lowest BCUT2D eigenvalue weighted by atomic mass is 10.2. The number of thiophene rings is 1. The Bertz CT molecular complexity index is 465. The smallest absolute Gasteiger partial charge is 0.181 e. The van der Waals surface area contributed by atoms with Crippen molar-refractivity contribution in [3.05, 3.63) is 28.8 Å². The number of nitrogens with one attached hydrogen (secondary N) is 1. The average molecular weight is 252 g/mol. The number of hydrogen-bond donors (Lipinski definition) is 1. The molecule has 1 N–H and O–H groups in total. The number of hydrogen-bond acceptors (Lipinski definition) is 5. The SMILES string of the molecule is COCCNCc1cnoc1-c1ccc(C)s1. The zero-order valence-corrected chi connectivity index (χ0v) is 10.8. The molecule has 0 fully saturated rings. The van der Waals surface area contributed by atoms with Gasteiger partial charge in [0.2, 0.25) is 0 Å². The third kappa shape index (κ3) is 3.15. The topological polar surface area (TPSA) is 47.3 Å². The molecule has 0 amide bonds. The molecule has 0 aliphatic heterocycles. The normalized spacial score (nSPS) is 10.9. The first-order chi connectivity index (χ1) is 8.31. The van der Waals surface area contributed by atoms with E-state index in [9.17, 15) is 0 Å². The molecule has 0 unspecified atom stereocenters. The summed E-state index contributed by atoms with van der Waals surface area (Å²) >= 11 is 1.72. The van der Waals surface area contributed by atoms with Crippen molar-refractivity contribution in [1.82, 2.24) is 10.5 Å². The van der Waals surface area contributed by atoms with E-state index in [-0.39, 0.29) is 0 Å². The van der Waals surface area contributed by atoms with Crippen LogP contribution in [0.1, 0.15) is 10.4 Å². The molecule has 5 heteroatoms. The highest BCUT2D eigenvalue weighted by molar-refractivity contribution is 7.15. The molecule has 92 valence electrons. The van der Waals surface area contributed by atoms with Gasteiger partial charge in [-0.2, -0.15) is 0 Å². The van der Waals surface area contributed by atoms with Gasteiger partial charge in [0.05, 0.1) is 17.7 Å². The van der Waals surface area contributed by atoms with Crippen molar-refractivity contribution in [3.8, 4) is 10.6 Å². The largest absolute Gasteiger partial charge is 0.383 e. The highest BCUT2D eigenvalue weighted by atomic mass is 32.1. The van der Waals surface area contributed by atoms with Crippen molar-refractivity contribution in [2.75, 3.05) is 20.3 Å². The first-order valence-electron chi connectivity index (χ1n) is 5.51. The molecule has 0 saturated heterocycles. The summed E-state index contributed by atoms with van der Waals surface area (Å²) in [5.41, 5.74) is 1.09. The van der Waals surface area contributed by atoms with Crippen molar-refractivity contribution in [2.24, 2.45) is 0 Å². The summed E-state index contributed by atoms with van der Waals surface area (Å²) in [5, 5.41) is 7.15. The minimum Gasteiger partial charge on any atom is -0.383 e. The van der Waals surface area contributed by atoms with Gasteiger partial charge < -0.3 is 14.6 Å². The lowest BCUT2D eigenvalue weighted by Gasteiger charge is -2.02. The molecule has 0 spiro atoms. The second-order valence-electron chi connectivity index (χ2n) is 3.76. The Hall–Kier alpha value is -1.17. The molecule has 0 atom stereocenters. The third-order valence-electron chi connectivity index (χ3n) is 2.41. The van der Waals surface area contributed by atoms with Gasteiger partial charge in [0.25, 0.3) is 0 Å². The molecular formula is C12H16N2O2S. The molecular weight excluding hydrogens is 236 g/mol. The van der Waals surface area contributed by atoms with Crippen molar-refractivity contribution < 1.29 is 9.26 Å². The maximum atomic E-state index is 5.31. The molecule has 2 aromatic rings. The monoisotopic (exact) mass is 252 g/mol. The molecule has 0 aliphatic rings. The lowest BCUT2D eigenvalue weighted by molar-refractivity contribution is 0.199. The Morgan fingerprint density at radius 2 is 2.35 bits per heavy atom. The van der Waals surface area contributed by atoms with Crippen LogP contribution in [0.3, 0.4) is 0 Å². The standard InChI is InChI=1S/C12H16N2O2S/c1-9-3-4-11(17-9)12-10(8-14-16-12)7-13-5-6-15-2/h3-4,8,13H,5-7H2,1-2H3. The van der Waals surface area contributed by atoms with Crippen LogP contribution in [-0.4, -0.2) is 25.4 Å². The minimum atomic E-state index is 0.707. The quantitative estimate of drug-likeness (QED) is 0.802. The van der Waals surface area contributed by atoms with Gasteiger partial charge in [-0.3, -0.25) is 0 Å². The van der Waals surface area contributed by atoms with Gasteiger partial charge in [0.15, 0.2) is 5.76 Å². The van der Waals surface area contributed by atoms with Gasteiger partial charge in [0.1, 0.15) is 0 Å². The van der Waals surface area contributed by atoms with E-state index in [1.165, 1.54) is 4.88 Å². The van der Waals surface area contributed by atoms with E-state index >= 15 is 0 Å². The van der Waals surface area contributed by atoms with Gasteiger partial charge >= 0.3 is 0 Å². The number of methoxy groups -OCH3 is 1. The van der Waals surface area contributed by atoms with Crippen LogP contribution in [0.2, 0.25) is 0 Å². The molecule has 2 heterocycles. The summed E-state index contributed by atoms with van der Waals surface area (Å²) in [5.74, 6) is 0.869. The molecule has 2 rings (SSSR count). The Morgan fingerprint density at radius 3 is 3.06 bits per heavy atom. The number of aromatic nitrogens is 1. The fourth-order valence-electron chi connectivity index (χ4n) is 1.54. The maximum Gasteiger partial charge on any atom is 0.181 e. The molecule has 0 aliphatic carbocycles. The Morgan fingerprint density at radius 1 is 1.47 bits per heavy atom. The van der Waals surface area contributed by atoms with E-state index in [1.807, 2.05) is 0 Å². The fraction of sp³-hybridized carbons (Fsp3) is 0.417. The van der Waals surface area contributed by atoms with Crippen molar-refractivity contribution >= 4 is 11.3 Å². The van der Waals surface area contributed by atoms with Gasteiger partial charge in [-0.25, -0.2) is 0 Å². The van der Waals surface area contributed by atoms with Gasteiger partial charge in [-0.1, -0.05) is 5.16 Å². The number of ether oxygens (including phenoxy) is 1. The summed E-state index contributed by atoms with van der Waals surface area (Å²) in [4.78, 5) is 2.40. The van der Waals surface area contributed by atoms with Gasteiger partial charge in [-0.15, -0.1) is 11.3 Å². The molecule has 0 bridgehead atoms. The summed E-state index contributed by atoms with van der Waals surface area (Å²) in [7, 11) is 1.70. The molecule has 0 aromatic carbocycles. The average Bonchev–Trinajstić information content (AvgIpc) is 2.93. The Labute approximate surface area is 105 Å². The highest BCUT2D eigenvalue weighted by Crippen LogP contribution is 2.30. The zero-order valence-electron chi connectivity index (χ0n) is 10.0. The predicted octanol–water partition coefficient (Wildman–Crippen LogP) is 2.45. The summed E-state index contributed by atoms with van der Waals surface area (Å²) in [6.07, 6.45) is 1.77. The van der Waals surface area contributed by atoms with Crippen LogP contribution >= 0.6 is 11.3 Å². The summed E-state index contributed by atoms with van der Waals surface area (Å²) < 4.78 is 10.3. The Balaban J connectivity index is 2.02. The first-order valence-corrected chi connectivity index (χ1v) is 6.33. The summed E-state index contributed by atoms with van der Waals surface area (Å²) in [6, 6.07) is 4.16. The Kier molecular flexibility index (Phi) is 4.30. The fourth-order valence-corrected chi connectivity index (χ4v) is 2.42. The van der Waals surface area contributed by atoms with Crippen LogP contribution < -0.4 is 5.32 Å². The van der Waals surface area contributed by atoms with E-state index in [0.717, 1.165) is 29.3 Å². The van der Waals surface area contributed by atoms with Crippen LogP contribution in [0, 0.1) is 6.92 Å². The number of aryl methyl sites for hydroxylation is 1. The molecule has 4 nitrogen and oxygen atoms in total. The van der Waals surface area contributed by atoms with Crippen LogP contribution in [0.15, 0.2) is 22.9 Å². The second-order valence-corrected chi connectivity index (χ2v) is 5.05. The first kappa shape index (κ1) is 12.3. The second kappa shape index (κ2) is 5.95. The summed E-state index contributed by atoms with van der Waals surface area (Å²) in [6.45, 7) is 4.36. The van der Waals surface area contributed by atoms with E-state index in [1.54, 1.807) is 24.6 Å². The van der Waals surface area contributed by atoms with Crippen LogP contribution in [0.5, 0.6) is 0 Å². The predicted molar refractivity (Wildman–Crippen MR) is 68.1 cm³/mol. The van der Waals surface area contributed by atoms with Gasteiger partial charge in [0, 0.05) is 30.6 Å². The lowest BCUT2D eigenvalue weighted by Crippen LogP contribution is -2.18. The third-order valence-corrected chi connectivity index (χ3v) is 3.41. The minimum absolute atomic E-state index is 0.707. The molecule has 0 saturated carbocycles.